The molecular formula is C15H24O3. The molecule has 1 fully saturated rings. The number of hydrogen-bond donors (Lipinski definition) is 1. The lowest BCUT2D eigenvalue weighted by molar-refractivity contribution is -0.114. The Hall–Kier alpha value is -0.960. The van der Waals surface area contributed by atoms with Gasteiger partial charge in [-0.1, -0.05) is 25.8 Å². The normalized spacial score (nSPS) is 27.8. The minimum Gasteiger partial charge on any atom is -0.393 e. The second-order valence-electron chi connectivity index (χ2n) is 5.16. The van der Waals surface area contributed by atoms with Gasteiger partial charge in [-0.15, -0.1) is 0 Å². The molecule has 1 N–H and O–H groups in total. The molecule has 0 spiro atoms. The van der Waals surface area contributed by atoms with Gasteiger partial charge in [-0.05, 0) is 37.2 Å². The van der Waals surface area contributed by atoms with Crippen molar-refractivity contribution in [1.29, 1.82) is 0 Å². The smallest absolute Gasteiger partial charge is 0.155 e. The van der Waals surface area contributed by atoms with Crippen LogP contribution in [0.4, 0.5) is 0 Å². The maximum Gasteiger partial charge on any atom is 0.155 e. The van der Waals surface area contributed by atoms with Crippen LogP contribution in [0.15, 0.2) is 12.2 Å². The van der Waals surface area contributed by atoms with E-state index in [0.29, 0.717) is 12.8 Å². The first kappa shape index (κ1) is 15.1. The Labute approximate surface area is 109 Å². The molecule has 0 radical (unpaired) electrons. The molecule has 3 heteroatoms. The zero-order valence-electron chi connectivity index (χ0n) is 11.2. The lowest BCUT2D eigenvalue weighted by atomic mass is 9.91. The van der Waals surface area contributed by atoms with E-state index in [-0.39, 0.29) is 23.7 Å². The van der Waals surface area contributed by atoms with Crippen molar-refractivity contribution in [1.82, 2.24) is 0 Å². The van der Waals surface area contributed by atoms with Crippen LogP contribution in [0.25, 0.3) is 0 Å². The maximum atomic E-state index is 11.6. The Morgan fingerprint density at radius 3 is 2.78 bits per heavy atom. The number of unbranched alkanes of at least 4 members (excludes halogenated alkanes) is 2. The summed E-state index contributed by atoms with van der Waals surface area (Å²) >= 11 is 0. The average Bonchev–Trinajstić information content (AvgIpc) is 2.69. The predicted molar refractivity (Wildman–Crippen MR) is 71.2 cm³/mol. The van der Waals surface area contributed by atoms with Crippen LogP contribution in [-0.4, -0.2) is 23.3 Å². The van der Waals surface area contributed by atoms with Gasteiger partial charge in [0, 0.05) is 12.8 Å². The lowest BCUT2D eigenvalue weighted by Gasteiger charge is -2.16. The SMILES string of the molecule is CCCCCC(=O)/C=C/C1CC[C@H](O)[C@@H]1CC=O. The van der Waals surface area contributed by atoms with Gasteiger partial charge in [0.15, 0.2) is 5.78 Å². The number of carbonyl (C=O) groups is 2. The number of ketones is 1. The molecule has 1 rings (SSSR count). The van der Waals surface area contributed by atoms with Gasteiger partial charge in [-0.3, -0.25) is 4.79 Å². The van der Waals surface area contributed by atoms with E-state index in [9.17, 15) is 14.7 Å². The van der Waals surface area contributed by atoms with Crippen LogP contribution >= 0.6 is 0 Å². The van der Waals surface area contributed by atoms with Crippen LogP contribution in [0.1, 0.15) is 51.9 Å². The average molecular weight is 252 g/mol. The topological polar surface area (TPSA) is 54.4 Å². The zero-order chi connectivity index (χ0) is 13.4. The van der Waals surface area contributed by atoms with Crippen molar-refractivity contribution in [3.63, 3.8) is 0 Å². The van der Waals surface area contributed by atoms with Gasteiger partial charge in [-0.25, -0.2) is 0 Å². The van der Waals surface area contributed by atoms with E-state index in [1.165, 1.54) is 0 Å². The third-order valence-electron chi connectivity index (χ3n) is 3.76. The number of allylic oxidation sites excluding steroid dienone is 2. The number of aldehydes is 1. The summed E-state index contributed by atoms with van der Waals surface area (Å²) in [6, 6.07) is 0. The minimum atomic E-state index is -0.389. The highest BCUT2D eigenvalue weighted by molar-refractivity contribution is 5.89. The molecule has 0 amide bonds. The first-order valence-electron chi connectivity index (χ1n) is 7.01. The van der Waals surface area contributed by atoms with Crippen molar-refractivity contribution < 1.29 is 14.7 Å². The van der Waals surface area contributed by atoms with Crippen molar-refractivity contribution >= 4 is 12.1 Å². The first-order chi connectivity index (χ1) is 8.69. The summed E-state index contributed by atoms with van der Waals surface area (Å²) in [5, 5.41) is 9.75. The van der Waals surface area contributed by atoms with Crippen molar-refractivity contribution in [2.45, 2.75) is 58.0 Å². The number of aliphatic hydroxyl groups excluding tert-OH is 1. The summed E-state index contributed by atoms with van der Waals surface area (Å²) in [6.07, 6.45) is 9.79. The second-order valence-corrected chi connectivity index (χ2v) is 5.16. The van der Waals surface area contributed by atoms with Crippen molar-refractivity contribution in [2.75, 3.05) is 0 Å². The first-order valence-corrected chi connectivity index (χ1v) is 7.01. The standard InChI is InChI=1S/C15H24O3/c1-2-3-4-5-13(17)8-6-12-7-9-15(18)14(12)10-11-16/h6,8,11-12,14-15,18H,2-5,7,9-10H2,1H3/b8-6+/t12?,14-,15+/m1/s1. The largest absolute Gasteiger partial charge is 0.393 e. The highest BCUT2D eigenvalue weighted by Crippen LogP contribution is 2.34. The quantitative estimate of drug-likeness (QED) is 0.410. The van der Waals surface area contributed by atoms with Crippen molar-refractivity contribution in [3.8, 4) is 0 Å². The Kier molecular flexibility index (Phi) is 6.88. The lowest BCUT2D eigenvalue weighted by Crippen LogP contribution is -2.18. The van der Waals surface area contributed by atoms with E-state index in [1.54, 1.807) is 6.08 Å². The van der Waals surface area contributed by atoms with E-state index in [2.05, 4.69) is 6.92 Å². The van der Waals surface area contributed by atoms with Crippen molar-refractivity contribution in [3.05, 3.63) is 12.2 Å². The molecule has 1 aliphatic rings. The van der Waals surface area contributed by atoms with Gasteiger partial charge in [-0.2, -0.15) is 0 Å². The summed E-state index contributed by atoms with van der Waals surface area (Å²) in [6.45, 7) is 2.12. The molecule has 0 aromatic rings. The molecule has 18 heavy (non-hydrogen) atoms. The van der Waals surface area contributed by atoms with Crippen LogP contribution in [0.2, 0.25) is 0 Å². The van der Waals surface area contributed by atoms with Crippen molar-refractivity contribution in [2.24, 2.45) is 11.8 Å². The molecule has 3 atom stereocenters. The third-order valence-corrected chi connectivity index (χ3v) is 3.76. The molecular weight excluding hydrogens is 228 g/mol. The minimum absolute atomic E-state index is 0.00203. The fourth-order valence-corrected chi connectivity index (χ4v) is 2.62. The summed E-state index contributed by atoms with van der Waals surface area (Å²) in [7, 11) is 0. The van der Waals surface area contributed by atoms with Gasteiger partial charge < -0.3 is 9.90 Å². The van der Waals surface area contributed by atoms with E-state index >= 15 is 0 Å². The van der Waals surface area contributed by atoms with Gasteiger partial charge >= 0.3 is 0 Å². The number of carbonyl (C=O) groups excluding carboxylic acids is 2. The highest BCUT2D eigenvalue weighted by Gasteiger charge is 2.32. The molecule has 0 aromatic heterocycles. The molecule has 3 nitrogen and oxygen atoms in total. The molecule has 0 saturated heterocycles. The van der Waals surface area contributed by atoms with Crippen LogP contribution in [-0.2, 0) is 9.59 Å². The van der Waals surface area contributed by atoms with Crippen LogP contribution in [0, 0.1) is 11.8 Å². The fourth-order valence-electron chi connectivity index (χ4n) is 2.62. The third kappa shape index (κ3) is 4.73. The molecule has 0 aliphatic heterocycles. The monoisotopic (exact) mass is 252 g/mol. The predicted octanol–water partition coefficient (Wildman–Crippen LogP) is 2.67. The summed E-state index contributed by atoms with van der Waals surface area (Å²) in [4.78, 5) is 22.2. The Morgan fingerprint density at radius 1 is 1.33 bits per heavy atom. The van der Waals surface area contributed by atoms with Gasteiger partial charge in [0.25, 0.3) is 0 Å². The van der Waals surface area contributed by atoms with E-state index in [0.717, 1.165) is 38.4 Å². The number of hydrogen-bond acceptors (Lipinski definition) is 3. The Morgan fingerprint density at radius 2 is 2.11 bits per heavy atom. The zero-order valence-corrected chi connectivity index (χ0v) is 11.2. The Balaban J connectivity index is 2.40. The highest BCUT2D eigenvalue weighted by atomic mass is 16.3. The molecule has 0 aromatic carbocycles. The van der Waals surface area contributed by atoms with Gasteiger partial charge in [0.1, 0.15) is 6.29 Å². The second kappa shape index (κ2) is 8.20. The molecule has 0 bridgehead atoms. The molecule has 1 saturated carbocycles. The molecule has 1 unspecified atom stereocenters. The molecule has 1 aliphatic carbocycles. The summed E-state index contributed by atoms with van der Waals surface area (Å²) in [5.74, 6) is 0.345. The van der Waals surface area contributed by atoms with Crippen LogP contribution in [0.3, 0.4) is 0 Å². The van der Waals surface area contributed by atoms with E-state index < -0.39 is 0 Å². The fraction of sp³-hybridized carbons (Fsp3) is 0.733. The van der Waals surface area contributed by atoms with Crippen LogP contribution < -0.4 is 0 Å². The Bertz CT molecular complexity index is 296. The maximum absolute atomic E-state index is 11.6. The molecule has 0 heterocycles. The molecule has 102 valence electrons. The van der Waals surface area contributed by atoms with Gasteiger partial charge in [0.2, 0.25) is 0 Å². The van der Waals surface area contributed by atoms with E-state index in [1.807, 2.05) is 6.08 Å². The summed E-state index contributed by atoms with van der Waals surface area (Å²) < 4.78 is 0. The summed E-state index contributed by atoms with van der Waals surface area (Å²) in [5.41, 5.74) is 0. The number of aliphatic hydroxyl groups is 1. The number of rotatable bonds is 8. The van der Waals surface area contributed by atoms with Crippen LogP contribution in [0.5, 0.6) is 0 Å². The van der Waals surface area contributed by atoms with E-state index in [4.69, 9.17) is 0 Å². The van der Waals surface area contributed by atoms with Gasteiger partial charge in [0.05, 0.1) is 6.10 Å².